The summed E-state index contributed by atoms with van der Waals surface area (Å²) in [6, 6.07) is 0. The topological polar surface area (TPSA) is 76.1 Å². The van der Waals surface area contributed by atoms with Crippen LogP contribution in [-0.4, -0.2) is 23.1 Å². The molecule has 0 saturated carbocycles. The molecule has 1 amide bonds. The van der Waals surface area contributed by atoms with Crippen molar-refractivity contribution in [1.82, 2.24) is 9.97 Å². The lowest BCUT2D eigenvalue weighted by Gasteiger charge is -2.03. The first kappa shape index (κ1) is 12.8. The van der Waals surface area contributed by atoms with Gasteiger partial charge in [0.1, 0.15) is 0 Å². The third-order valence-corrected chi connectivity index (χ3v) is 3.79. The molecule has 2 heterocycles. The van der Waals surface area contributed by atoms with E-state index in [0.29, 0.717) is 5.13 Å². The molecule has 0 aliphatic carbocycles. The number of carbonyl (C=O) groups excluding carboxylic acids is 1. The first-order chi connectivity index (χ1) is 8.58. The zero-order valence-corrected chi connectivity index (χ0v) is 11.7. The maximum atomic E-state index is 11.6. The largest absolute Gasteiger partial charge is 0.420 e. The Bertz CT molecular complexity index is 564. The summed E-state index contributed by atoms with van der Waals surface area (Å²) in [5, 5.41) is 9.39. The van der Waals surface area contributed by atoms with E-state index >= 15 is 0 Å². The highest BCUT2D eigenvalue weighted by atomic mass is 32.1. The number of ether oxygens (including phenoxy) is 1. The summed E-state index contributed by atoms with van der Waals surface area (Å²) in [6.45, 7) is 3.70. The number of amides is 1. The van der Waals surface area contributed by atoms with Crippen molar-refractivity contribution in [2.75, 3.05) is 17.7 Å². The van der Waals surface area contributed by atoms with E-state index in [4.69, 9.17) is 4.74 Å². The van der Waals surface area contributed by atoms with Gasteiger partial charge in [-0.25, -0.2) is 14.8 Å². The molecule has 0 aromatic carbocycles. The Hall–Kier alpha value is -1.67. The molecule has 96 valence electrons. The number of nitrogens with one attached hydrogen (secondary N) is 2. The summed E-state index contributed by atoms with van der Waals surface area (Å²) in [4.78, 5) is 19.9. The molecule has 0 aliphatic heterocycles. The first-order valence-electron chi connectivity index (χ1n) is 5.14. The second-order valence-corrected chi connectivity index (χ2v) is 5.49. The van der Waals surface area contributed by atoms with Gasteiger partial charge in [0.2, 0.25) is 0 Å². The predicted molar refractivity (Wildman–Crippen MR) is 72.9 cm³/mol. The Morgan fingerprint density at radius 2 is 2.17 bits per heavy atom. The highest BCUT2D eigenvalue weighted by Gasteiger charge is 2.14. The lowest BCUT2D eigenvalue weighted by atomic mass is 10.6. The zero-order valence-electron chi connectivity index (χ0n) is 10.1. The van der Waals surface area contributed by atoms with E-state index in [1.807, 2.05) is 19.2 Å². The quantitative estimate of drug-likeness (QED) is 0.906. The average Bonchev–Trinajstić information content (AvgIpc) is 2.85. The van der Waals surface area contributed by atoms with Gasteiger partial charge in [0, 0.05) is 12.4 Å². The van der Waals surface area contributed by atoms with Crippen LogP contribution in [0.25, 0.3) is 0 Å². The minimum Gasteiger partial charge on any atom is -0.388 e. The van der Waals surface area contributed by atoms with E-state index in [0.717, 1.165) is 15.7 Å². The smallest absolute Gasteiger partial charge is 0.388 e. The molecule has 0 fully saturated rings. The molecule has 6 nitrogen and oxygen atoms in total. The Balaban J connectivity index is 2.02. The van der Waals surface area contributed by atoms with Crippen LogP contribution >= 0.6 is 22.7 Å². The second-order valence-electron chi connectivity index (χ2n) is 3.43. The number of rotatable bonds is 3. The normalized spacial score (nSPS) is 10.2. The Labute approximate surface area is 112 Å². The molecular formula is C10H12N4O2S2. The molecule has 2 rings (SSSR count). The van der Waals surface area contributed by atoms with E-state index in [1.165, 1.54) is 22.7 Å². The summed E-state index contributed by atoms with van der Waals surface area (Å²) >= 11 is 2.77. The van der Waals surface area contributed by atoms with Crippen LogP contribution < -0.4 is 15.4 Å². The van der Waals surface area contributed by atoms with E-state index < -0.39 is 6.09 Å². The summed E-state index contributed by atoms with van der Waals surface area (Å²) < 4.78 is 5.12. The van der Waals surface area contributed by atoms with Gasteiger partial charge in [-0.1, -0.05) is 11.3 Å². The van der Waals surface area contributed by atoms with Gasteiger partial charge in [-0.3, -0.25) is 5.32 Å². The van der Waals surface area contributed by atoms with Crippen LogP contribution in [0.1, 0.15) is 10.7 Å². The van der Waals surface area contributed by atoms with Crippen molar-refractivity contribution in [3.63, 3.8) is 0 Å². The minimum atomic E-state index is -0.592. The van der Waals surface area contributed by atoms with E-state index in [9.17, 15) is 4.79 Å². The summed E-state index contributed by atoms with van der Waals surface area (Å²) in [5.74, 6) is 0.283. The highest BCUT2D eigenvalue weighted by Crippen LogP contribution is 2.30. The lowest BCUT2D eigenvalue weighted by Crippen LogP contribution is -2.17. The third kappa shape index (κ3) is 2.96. The lowest BCUT2D eigenvalue weighted by molar-refractivity contribution is 0.214. The maximum Gasteiger partial charge on any atom is 0.420 e. The van der Waals surface area contributed by atoms with Crippen LogP contribution in [0, 0.1) is 13.8 Å². The number of carbonyl (C=O) groups is 1. The fraction of sp³-hybridized carbons (Fsp3) is 0.300. The van der Waals surface area contributed by atoms with Gasteiger partial charge in [-0.15, -0.1) is 11.3 Å². The Morgan fingerprint density at radius 3 is 2.78 bits per heavy atom. The SMILES string of the molecule is CNc1sc(C)nc1OC(=O)Nc1nc(C)cs1. The molecule has 0 radical (unpaired) electrons. The van der Waals surface area contributed by atoms with Crippen molar-refractivity contribution in [3.05, 3.63) is 16.1 Å². The highest BCUT2D eigenvalue weighted by molar-refractivity contribution is 7.16. The Morgan fingerprint density at radius 1 is 1.39 bits per heavy atom. The molecule has 0 spiro atoms. The monoisotopic (exact) mass is 284 g/mol. The van der Waals surface area contributed by atoms with Crippen molar-refractivity contribution in [1.29, 1.82) is 0 Å². The zero-order chi connectivity index (χ0) is 13.1. The maximum absolute atomic E-state index is 11.6. The Kier molecular flexibility index (Phi) is 3.78. The van der Waals surface area contributed by atoms with Crippen LogP contribution in [0.3, 0.4) is 0 Å². The molecule has 2 N–H and O–H groups in total. The summed E-state index contributed by atoms with van der Waals surface area (Å²) in [5.41, 5.74) is 0.857. The molecule has 18 heavy (non-hydrogen) atoms. The van der Waals surface area contributed by atoms with E-state index in [2.05, 4.69) is 20.6 Å². The second kappa shape index (κ2) is 5.32. The van der Waals surface area contributed by atoms with Crippen molar-refractivity contribution in [2.45, 2.75) is 13.8 Å². The van der Waals surface area contributed by atoms with Crippen molar-refractivity contribution >= 4 is 38.9 Å². The molecule has 0 bridgehead atoms. The van der Waals surface area contributed by atoms with Gasteiger partial charge < -0.3 is 10.1 Å². The van der Waals surface area contributed by atoms with Gasteiger partial charge in [0.15, 0.2) is 10.1 Å². The molecule has 0 saturated heterocycles. The van der Waals surface area contributed by atoms with E-state index in [1.54, 1.807) is 7.05 Å². The van der Waals surface area contributed by atoms with Gasteiger partial charge in [-0.05, 0) is 13.8 Å². The molecule has 8 heteroatoms. The average molecular weight is 284 g/mol. The summed E-state index contributed by atoms with van der Waals surface area (Å²) in [7, 11) is 1.75. The number of aryl methyl sites for hydroxylation is 2. The number of anilines is 2. The molecule has 0 unspecified atom stereocenters. The van der Waals surface area contributed by atoms with Crippen LogP contribution in [0.2, 0.25) is 0 Å². The first-order valence-corrected chi connectivity index (χ1v) is 6.84. The molecule has 2 aromatic rings. The number of thiazole rings is 2. The van der Waals surface area contributed by atoms with Crippen molar-refractivity contribution in [3.8, 4) is 5.88 Å². The van der Waals surface area contributed by atoms with Gasteiger partial charge >= 0.3 is 6.09 Å². The molecule has 0 atom stereocenters. The van der Waals surface area contributed by atoms with Crippen LogP contribution in [0.4, 0.5) is 14.9 Å². The van der Waals surface area contributed by atoms with Crippen molar-refractivity contribution in [2.24, 2.45) is 0 Å². The fourth-order valence-corrected chi connectivity index (χ4v) is 2.62. The number of aromatic nitrogens is 2. The van der Waals surface area contributed by atoms with Crippen LogP contribution in [-0.2, 0) is 0 Å². The number of nitrogens with zero attached hydrogens (tertiary/aromatic N) is 2. The van der Waals surface area contributed by atoms with Crippen molar-refractivity contribution < 1.29 is 9.53 Å². The minimum absolute atomic E-state index is 0.283. The van der Waals surface area contributed by atoms with Gasteiger partial charge in [0.05, 0.1) is 10.7 Å². The molecule has 0 aliphatic rings. The van der Waals surface area contributed by atoms with Gasteiger partial charge in [-0.2, -0.15) is 0 Å². The number of hydrogen-bond acceptors (Lipinski definition) is 7. The third-order valence-electron chi connectivity index (χ3n) is 1.95. The number of hydrogen-bond donors (Lipinski definition) is 2. The van der Waals surface area contributed by atoms with E-state index in [-0.39, 0.29) is 5.88 Å². The standard InChI is InChI=1S/C10H12N4O2S2/c1-5-4-17-9(12-5)14-10(15)16-7-8(11-3)18-6(2)13-7/h4,11H,1-3H3,(H,12,14,15). The molecular weight excluding hydrogens is 272 g/mol. The van der Waals surface area contributed by atoms with Crippen LogP contribution in [0.5, 0.6) is 5.88 Å². The van der Waals surface area contributed by atoms with Crippen LogP contribution in [0.15, 0.2) is 5.38 Å². The fourth-order valence-electron chi connectivity index (χ4n) is 1.25. The summed E-state index contributed by atoms with van der Waals surface area (Å²) in [6.07, 6.45) is -0.592. The van der Waals surface area contributed by atoms with Gasteiger partial charge in [0.25, 0.3) is 5.88 Å². The predicted octanol–water partition coefficient (Wildman–Crippen LogP) is 2.87. The molecule has 2 aromatic heterocycles.